The molecule has 142 valence electrons. The first kappa shape index (κ1) is 21.6. The zero-order valence-corrected chi connectivity index (χ0v) is 16.9. The van der Waals surface area contributed by atoms with Crippen LogP contribution in [0.25, 0.3) is 0 Å². The van der Waals surface area contributed by atoms with E-state index in [1.54, 1.807) is 18.2 Å². The highest BCUT2D eigenvalue weighted by atomic mass is 35.5. The van der Waals surface area contributed by atoms with Crippen LogP contribution in [-0.2, 0) is 14.8 Å². The van der Waals surface area contributed by atoms with E-state index < -0.39 is 10.0 Å². The van der Waals surface area contributed by atoms with Crippen LogP contribution in [0.1, 0.15) is 33.6 Å². The van der Waals surface area contributed by atoms with E-state index >= 15 is 0 Å². The zero-order valence-electron chi connectivity index (χ0n) is 15.4. The third-order valence-electron chi connectivity index (χ3n) is 3.98. The Bertz CT molecular complexity index is 692. The molecule has 1 aromatic rings. The summed E-state index contributed by atoms with van der Waals surface area (Å²) < 4.78 is 30.5. The first-order valence-corrected chi connectivity index (χ1v) is 10.4. The molecule has 0 unspecified atom stereocenters. The van der Waals surface area contributed by atoms with Gasteiger partial charge in [0.1, 0.15) is 5.75 Å². The lowest BCUT2D eigenvalue weighted by Crippen LogP contribution is -2.37. The molecule has 0 bridgehead atoms. The fourth-order valence-electron chi connectivity index (χ4n) is 2.17. The third-order valence-corrected chi connectivity index (χ3v) is 5.47. The van der Waals surface area contributed by atoms with Crippen molar-refractivity contribution in [3.05, 3.63) is 23.2 Å². The van der Waals surface area contributed by atoms with Crippen molar-refractivity contribution in [3.63, 3.8) is 0 Å². The van der Waals surface area contributed by atoms with E-state index in [2.05, 4.69) is 5.32 Å². The maximum absolute atomic E-state index is 12.1. The molecule has 0 aliphatic rings. The first-order valence-electron chi connectivity index (χ1n) is 8.17. The molecule has 0 fully saturated rings. The van der Waals surface area contributed by atoms with Crippen LogP contribution in [0.3, 0.4) is 0 Å². The molecule has 25 heavy (non-hydrogen) atoms. The van der Waals surface area contributed by atoms with Gasteiger partial charge in [-0.1, -0.05) is 25.4 Å². The Morgan fingerprint density at radius 1 is 1.32 bits per heavy atom. The number of nitrogens with one attached hydrogen (secondary N) is 1. The average molecular weight is 391 g/mol. The van der Waals surface area contributed by atoms with Crippen LogP contribution in [0.4, 0.5) is 5.69 Å². The quantitative estimate of drug-likeness (QED) is 0.703. The molecule has 1 aromatic carbocycles. The van der Waals surface area contributed by atoms with Gasteiger partial charge in [0.2, 0.25) is 15.9 Å². The fourth-order valence-corrected chi connectivity index (χ4v) is 3.38. The molecule has 0 spiro atoms. The van der Waals surface area contributed by atoms with Gasteiger partial charge >= 0.3 is 0 Å². The summed E-state index contributed by atoms with van der Waals surface area (Å²) in [6.45, 7) is 6.21. The van der Waals surface area contributed by atoms with Crippen LogP contribution in [0.5, 0.6) is 5.75 Å². The van der Waals surface area contributed by atoms with Gasteiger partial charge in [-0.25, -0.2) is 8.42 Å². The predicted octanol–water partition coefficient (Wildman–Crippen LogP) is 3.06. The second-order valence-corrected chi connectivity index (χ2v) is 8.67. The number of carbonyl (C=O) groups is 1. The van der Waals surface area contributed by atoms with E-state index in [0.29, 0.717) is 28.8 Å². The molecule has 0 radical (unpaired) electrons. The number of carbonyl (C=O) groups excluding carboxylic acids is 1. The molecule has 1 atom stereocenters. The van der Waals surface area contributed by atoms with Crippen molar-refractivity contribution in [2.45, 2.75) is 39.7 Å². The van der Waals surface area contributed by atoms with Gasteiger partial charge in [-0.05, 0) is 37.5 Å². The summed E-state index contributed by atoms with van der Waals surface area (Å²) in [5, 5.41) is 3.24. The second kappa shape index (κ2) is 9.29. The first-order chi connectivity index (χ1) is 11.6. The fraction of sp³-hybridized carbons (Fsp3) is 0.588. The molecule has 1 amide bonds. The number of amides is 1. The van der Waals surface area contributed by atoms with Crippen molar-refractivity contribution in [1.82, 2.24) is 5.32 Å². The van der Waals surface area contributed by atoms with E-state index in [-0.39, 0.29) is 24.9 Å². The SMILES string of the molecule is COc1ccc(N(CCCC(=O)N[C@@H](C)C(C)C)S(C)(=O)=O)cc1Cl. The minimum atomic E-state index is -3.49. The van der Waals surface area contributed by atoms with Gasteiger partial charge in [0.15, 0.2) is 0 Å². The van der Waals surface area contributed by atoms with Gasteiger partial charge in [0.05, 0.1) is 24.1 Å². The van der Waals surface area contributed by atoms with Gasteiger partial charge in [0.25, 0.3) is 0 Å². The van der Waals surface area contributed by atoms with Crippen LogP contribution in [0.15, 0.2) is 18.2 Å². The van der Waals surface area contributed by atoms with Crippen molar-refractivity contribution >= 4 is 33.2 Å². The number of halogens is 1. The van der Waals surface area contributed by atoms with E-state index in [1.807, 2.05) is 20.8 Å². The van der Waals surface area contributed by atoms with E-state index in [9.17, 15) is 13.2 Å². The smallest absolute Gasteiger partial charge is 0.232 e. The summed E-state index contributed by atoms with van der Waals surface area (Å²) in [6, 6.07) is 4.88. The van der Waals surface area contributed by atoms with E-state index in [0.717, 1.165) is 6.26 Å². The lowest BCUT2D eigenvalue weighted by molar-refractivity contribution is -0.122. The van der Waals surface area contributed by atoms with Gasteiger partial charge in [-0.15, -0.1) is 0 Å². The van der Waals surface area contributed by atoms with Crippen molar-refractivity contribution in [2.75, 3.05) is 24.2 Å². The number of anilines is 1. The van der Waals surface area contributed by atoms with Crippen molar-refractivity contribution < 1.29 is 17.9 Å². The van der Waals surface area contributed by atoms with Gasteiger partial charge < -0.3 is 10.1 Å². The molecular weight excluding hydrogens is 364 g/mol. The number of sulfonamides is 1. The molecule has 0 saturated heterocycles. The normalized spacial score (nSPS) is 12.8. The summed E-state index contributed by atoms with van der Waals surface area (Å²) in [5.41, 5.74) is 0.448. The van der Waals surface area contributed by atoms with Crippen molar-refractivity contribution in [3.8, 4) is 5.75 Å². The summed E-state index contributed by atoms with van der Waals surface area (Å²) in [7, 11) is -1.99. The maximum Gasteiger partial charge on any atom is 0.232 e. The summed E-state index contributed by atoms with van der Waals surface area (Å²) >= 11 is 6.08. The highest BCUT2D eigenvalue weighted by molar-refractivity contribution is 7.92. The molecule has 0 heterocycles. The minimum Gasteiger partial charge on any atom is -0.495 e. The molecule has 1 N–H and O–H groups in total. The standard InChI is InChI=1S/C17H27ClN2O4S/c1-12(2)13(3)19-17(21)7-6-10-20(25(5,22)23)14-8-9-16(24-4)15(18)11-14/h8-9,11-13H,6-7,10H2,1-5H3,(H,19,21)/t13-/m0/s1. The number of methoxy groups -OCH3 is 1. The van der Waals surface area contributed by atoms with Gasteiger partial charge in [-0.3, -0.25) is 9.10 Å². The molecule has 8 heteroatoms. The van der Waals surface area contributed by atoms with Crippen LogP contribution in [-0.4, -0.2) is 40.3 Å². The van der Waals surface area contributed by atoms with Crippen LogP contribution < -0.4 is 14.4 Å². The van der Waals surface area contributed by atoms with E-state index in [1.165, 1.54) is 11.4 Å². The Labute approximate surface area is 155 Å². The van der Waals surface area contributed by atoms with Crippen LogP contribution in [0, 0.1) is 5.92 Å². The zero-order chi connectivity index (χ0) is 19.2. The Morgan fingerprint density at radius 2 is 1.96 bits per heavy atom. The molecular formula is C17H27ClN2O4S. The van der Waals surface area contributed by atoms with Gasteiger partial charge in [0, 0.05) is 19.0 Å². The maximum atomic E-state index is 12.1. The number of hydrogen-bond acceptors (Lipinski definition) is 4. The summed E-state index contributed by atoms with van der Waals surface area (Å²) in [5.74, 6) is 0.737. The van der Waals surface area contributed by atoms with Crippen LogP contribution >= 0.6 is 11.6 Å². The summed E-state index contributed by atoms with van der Waals surface area (Å²) in [4.78, 5) is 11.9. The van der Waals surface area contributed by atoms with Gasteiger partial charge in [-0.2, -0.15) is 0 Å². The highest BCUT2D eigenvalue weighted by Crippen LogP contribution is 2.30. The Kier molecular flexibility index (Phi) is 8.02. The average Bonchev–Trinajstić information content (AvgIpc) is 2.50. The third kappa shape index (κ3) is 6.74. The Hall–Kier alpha value is -1.47. The van der Waals surface area contributed by atoms with Crippen molar-refractivity contribution in [1.29, 1.82) is 0 Å². The number of rotatable bonds is 9. The number of ether oxygens (including phenoxy) is 1. The molecule has 0 saturated carbocycles. The largest absolute Gasteiger partial charge is 0.495 e. The molecule has 0 aliphatic carbocycles. The molecule has 1 rings (SSSR count). The van der Waals surface area contributed by atoms with Crippen LogP contribution in [0.2, 0.25) is 5.02 Å². The lowest BCUT2D eigenvalue weighted by Gasteiger charge is -2.23. The Morgan fingerprint density at radius 3 is 2.44 bits per heavy atom. The lowest BCUT2D eigenvalue weighted by atomic mass is 10.1. The number of hydrogen-bond donors (Lipinski definition) is 1. The predicted molar refractivity (Wildman–Crippen MR) is 102 cm³/mol. The molecule has 6 nitrogen and oxygen atoms in total. The highest BCUT2D eigenvalue weighted by Gasteiger charge is 2.19. The second-order valence-electron chi connectivity index (χ2n) is 6.36. The Balaban J connectivity index is 2.76. The molecule has 0 aliphatic heterocycles. The monoisotopic (exact) mass is 390 g/mol. The molecule has 0 aromatic heterocycles. The topological polar surface area (TPSA) is 75.7 Å². The minimum absolute atomic E-state index is 0.0811. The van der Waals surface area contributed by atoms with E-state index in [4.69, 9.17) is 16.3 Å². The summed E-state index contributed by atoms with van der Waals surface area (Å²) in [6.07, 6.45) is 1.80. The van der Waals surface area contributed by atoms with Crippen molar-refractivity contribution in [2.24, 2.45) is 5.92 Å². The number of nitrogens with zero attached hydrogens (tertiary/aromatic N) is 1. The number of benzene rings is 1.